The molecule has 2 aliphatic rings. The lowest BCUT2D eigenvalue weighted by molar-refractivity contribution is 0.0941. The Kier molecular flexibility index (Phi) is 3.63. The van der Waals surface area contributed by atoms with Crippen LogP contribution in [0.15, 0.2) is 18.2 Å². The van der Waals surface area contributed by atoms with Crippen LogP contribution in [-0.2, 0) is 0 Å². The van der Waals surface area contributed by atoms with E-state index in [-0.39, 0.29) is 12.6 Å². The van der Waals surface area contributed by atoms with Crippen LogP contribution in [-0.4, -0.2) is 62.1 Å². The molecule has 0 spiro atoms. The molecule has 1 saturated heterocycles. The van der Waals surface area contributed by atoms with Crippen molar-refractivity contribution in [1.29, 1.82) is 0 Å². The van der Waals surface area contributed by atoms with Crippen molar-refractivity contribution in [2.24, 2.45) is 0 Å². The van der Waals surface area contributed by atoms with Crippen LogP contribution >= 0.6 is 0 Å². The summed E-state index contributed by atoms with van der Waals surface area (Å²) in [6.07, 6.45) is 1.13. The Hall–Kier alpha value is -1.59. The first-order chi connectivity index (χ1) is 9.63. The maximum Gasteiger partial charge on any atom is 0.231 e. The Bertz CT molecular complexity index is 516. The molecule has 3 rings (SSSR count). The van der Waals surface area contributed by atoms with E-state index in [1.807, 2.05) is 12.1 Å². The summed E-state index contributed by atoms with van der Waals surface area (Å²) < 4.78 is 10.6. The van der Waals surface area contributed by atoms with Crippen molar-refractivity contribution in [2.45, 2.75) is 12.5 Å². The van der Waals surface area contributed by atoms with E-state index in [4.69, 9.17) is 9.47 Å². The molecule has 2 aliphatic heterocycles. The van der Waals surface area contributed by atoms with Gasteiger partial charge in [-0.15, -0.1) is 0 Å². The number of fused-ring (bicyclic) bond motifs is 1. The number of carbonyl (C=O) groups excluding carboxylic acids is 1. The van der Waals surface area contributed by atoms with Crippen molar-refractivity contribution < 1.29 is 14.3 Å². The van der Waals surface area contributed by atoms with Crippen LogP contribution in [0.5, 0.6) is 11.5 Å². The number of likely N-dealkylation sites (tertiary alicyclic amines) is 1. The minimum Gasteiger partial charge on any atom is -0.454 e. The molecule has 20 heavy (non-hydrogen) atoms. The molecule has 0 aromatic heterocycles. The Morgan fingerprint density at radius 1 is 1.35 bits per heavy atom. The van der Waals surface area contributed by atoms with E-state index >= 15 is 0 Å². The molecular weight excluding hydrogens is 256 g/mol. The first-order valence-electron chi connectivity index (χ1n) is 6.95. The van der Waals surface area contributed by atoms with Gasteiger partial charge in [-0.1, -0.05) is 0 Å². The van der Waals surface area contributed by atoms with Gasteiger partial charge in [0.05, 0.1) is 6.54 Å². The van der Waals surface area contributed by atoms with Gasteiger partial charge in [0.25, 0.3) is 0 Å². The average molecular weight is 276 g/mol. The predicted octanol–water partition coefficient (Wildman–Crippen LogP) is 1.23. The van der Waals surface area contributed by atoms with Crippen molar-refractivity contribution in [1.82, 2.24) is 9.80 Å². The van der Waals surface area contributed by atoms with Gasteiger partial charge >= 0.3 is 0 Å². The van der Waals surface area contributed by atoms with Gasteiger partial charge in [-0.2, -0.15) is 0 Å². The van der Waals surface area contributed by atoms with E-state index in [9.17, 15) is 4.79 Å². The highest BCUT2D eigenvalue weighted by molar-refractivity contribution is 5.98. The maximum atomic E-state index is 12.3. The number of carbonyl (C=O) groups is 1. The fourth-order valence-electron chi connectivity index (χ4n) is 2.74. The summed E-state index contributed by atoms with van der Waals surface area (Å²) >= 11 is 0. The second-order valence-electron chi connectivity index (χ2n) is 5.63. The highest BCUT2D eigenvalue weighted by Gasteiger charge is 2.26. The van der Waals surface area contributed by atoms with E-state index in [0.717, 1.165) is 25.3 Å². The smallest absolute Gasteiger partial charge is 0.231 e. The van der Waals surface area contributed by atoms with Crippen LogP contribution in [0.25, 0.3) is 0 Å². The van der Waals surface area contributed by atoms with Gasteiger partial charge in [0.15, 0.2) is 17.3 Å². The van der Waals surface area contributed by atoms with Crippen LogP contribution in [0.1, 0.15) is 16.8 Å². The zero-order valence-electron chi connectivity index (χ0n) is 12.0. The van der Waals surface area contributed by atoms with Crippen LogP contribution < -0.4 is 9.47 Å². The zero-order valence-corrected chi connectivity index (χ0v) is 12.0. The van der Waals surface area contributed by atoms with Crippen LogP contribution in [0.2, 0.25) is 0 Å². The summed E-state index contributed by atoms with van der Waals surface area (Å²) in [5, 5.41) is 0. The van der Waals surface area contributed by atoms with E-state index in [0.29, 0.717) is 23.9 Å². The number of nitrogens with zero attached hydrogens (tertiary/aromatic N) is 2. The van der Waals surface area contributed by atoms with E-state index in [1.165, 1.54) is 0 Å². The number of hydrogen-bond acceptors (Lipinski definition) is 5. The first-order valence-corrected chi connectivity index (χ1v) is 6.95. The van der Waals surface area contributed by atoms with Crippen molar-refractivity contribution in [3.8, 4) is 11.5 Å². The van der Waals surface area contributed by atoms with Gasteiger partial charge in [-0.05, 0) is 38.7 Å². The second-order valence-corrected chi connectivity index (χ2v) is 5.63. The average Bonchev–Trinajstić information content (AvgIpc) is 3.05. The summed E-state index contributed by atoms with van der Waals surface area (Å²) in [5.74, 6) is 1.53. The summed E-state index contributed by atoms with van der Waals surface area (Å²) in [6.45, 7) is 2.66. The fourth-order valence-corrected chi connectivity index (χ4v) is 2.74. The van der Waals surface area contributed by atoms with Gasteiger partial charge in [0, 0.05) is 24.7 Å². The first kappa shape index (κ1) is 13.4. The molecule has 5 nitrogen and oxygen atoms in total. The minimum absolute atomic E-state index is 0.141. The Labute approximate surface area is 119 Å². The Balaban J connectivity index is 1.62. The number of benzene rings is 1. The number of ether oxygens (including phenoxy) is 2. The van der Waals surface area contributed by atoms with E-state index < -0.39 is 0 Å². The number of rotatable bonds is 4. The van der Waals surface area contributed by atoms with Gasteiger partial charge in [-0.3, -0.25) is 9.69 Å². The molecule has 0 amide bonds. The van der Waals surface area contributed by atoms with Crippen molar-refractivity contribution in [2.75, 3.05) is 40.5 Å². The quantitative estimate of drug-likeness (QED) is 0.774. The molecule has 5 heteroatoms. The Morgan fingerprint density at radius 2 is 2.15 bits per heavy atom. The predicted molar refractivity (Wildman–Crippen MR) is 75.4 cm³/mol. The van der Waals surface area contributed by atoms with Crippen molar-refractivity contribution in [3.63, 3.8) is 0 Å². The number of likely N-dealkylation sites (N-methyl/N-ethyl adjacent to an activating group) is 1. The highest BCUT2D eigenvalue weighted by atomic mass is 16.7. The third kappa shape index (κ3) is 2.64. The van der Waals surface area contributed by atoms with Crippen LogP contribution in [0.3, 0.4) is 0 Å². The molecule has 108 valence electrons. The van der Waals surface area contributed by atoms with Gasteiger partial charge in [0.1, 0.15) is 0 Å². The number of hydrogen-bond donors (Lipinski definition) is 0. The molecule has 0 N–H and O–H groups in total. The third-order valence-corrected chi connectivity index (χ3v) is 4.04. The van der Waals surface area contributed by atoms with Gasteiger partial charge < -0.3 is 14.4 Å². The second kappa shape index (κ2) is 5.42. The molecule has 1 aromatic rings. The van der Waals surface area contributed by atoms with Gasteiger partial charge in [0.2, 0.25) is 6.79 Å². The van der Waals surface area contributed by atoms with E-state index in [1.54, 1.807) is 6.07 Å². The fraction of sp³-hybridized carbons (Fsp3) is 0.533. The molecule has 0 saturated carbocycles. The van der Waals surface area contributed by atoms with Gasteiger partial charge in [-0.25, -0.2) is 0 Å². The lowest BCUT2D eigenvalue weighted by Crippen LogP contribution is -2.33. The van der Waals surface area contributed by atoms with Crippen LogP contribution in [0.4, 0.5) is 0 Å². The third-order valence-electron chi connectivity index (χ3n) is 4.04. The molecule has 1 unspecified atom stereocenters. The maximum absolute atomic E-state index is 12.3. The Morgan fingerprint density at radius 3 is 2.90 bits per heavy atom. The lowest BCUT2D eigenvalue weighted by atomic mass is 10.1. The van der Waals surface area contributed by atoms with E-state index in [2.05, 4.69) is 23.9 Å². The lowest BCUT2D eigenvalue weighted by Gasteiger charge is -2.19. The summed E-state index contributed by atoms with van der Waals surface area (Å²) in [5.41, 5.74) is 0.697. The molecule has 0 aliphatic carbocycles. The molecule has 0 radical (unpaired) electrons. The molecule has 1 aromatic carbocycles. The van der Waals surface area contributed by atoms with Crippen molar-refractivity contribution in [3.05, 3.63) is 23.8 Å². The molecule has 1 fully saturated rings. The molecule has 2 heterocycles. The number of ketones is 1. The van der Waals surface area contributed by atoms with Crippen LogP contribution in [0, 0.1) is 0 Å². The largest absolute Gasteiger partial charge is 0.454 e. The molecule has 1 atom stereocenters. The minimum atomic E-state index is 0.141. The summed E-state index contributed by atoms with van der Waals surface area (Å²) in [6, 6.07) is 5.96. The standard InChI is InChI=1S/C15H20N2O3/c1-16(2)12-5-6-17(8-12)9-13(18)11-3-4-14-15(7-11)20-10-19-14/h3-4,7,12H,5-6,8-10H2,1-2H3. The van der Waals surface area contributed by atoms with Crippen molar-refractivity contribution >= 4 is 5.78 Å². The highest BCUT2D eigenvalue weighted by Crippen LogP contribution is 2.32. The zero-order chi connectivity index (χ0) is 14.1. The summed E-state index contributed by atoms with van der Waals surface area (Å²) in [4.78, 5) is 16.8. The monoisotopic (exact) mass is 276 g/mol. The molecular formula is C15H20N2O3. The number of Topliss-reactive ketones (excluding diaryl/α,β-unsaturated/α-hetero) is 1. The summed E-state index contributed by atoms with van der Waals surface area (Å²) in [7, 11) is 4.18. The normalized spacial score (nSPS) is 21.6. The SMILES string of the molecule is CN(C)C1CCN(CC(=O)c2ccc3c(c2)OCO3)C1. The molecule has 0 bridgehead atoms. The topological polar surface area (TPSA) is 42.0 Å².